The highest BCUT2D eigenvalue weighted by molar-refractivity contribution is 7.21. The summed E-state index contributed by atoms with van der Waals surface area (Å²) >= 11 is 1.58. The molecule has 0 spiro atoms. The van der Waals surface area contributed by atoms with Gasteiger partial charge in [-0.05, 0) is 61.4 Å². The molecule has 7 heteroatoms. The van der Waals surface area contributed by atoms with E-state index in [9.17, 15) is 9.59 Å². The molecule has 1 aliphatic heterocycles. The van der Waals surface area contributed by atoms with Crippen LogP contribution in [0, 0.1) is 0 Å². The minimum Gasteiger partial charge on any atom is -0.457 e. The number of hydrogen-bond donors (Lipinski definition) is 1. The van der Waals surface area contributed by atoms with Crippen LogP contribution < -0.4 is 10.2 Å². The smallest absolute Gasteiger partial charge is 0.251 e. The van der Waals surface area contributed by atoms with E-state index >= 15 is 0 Å². The Hall–Kier alpha value is -3.45. The molecule has 2 aromatic heterocycles. The Morgan fingerprint density at radius 1 is 1.06 bits per heavy atom. The first-order chi connectivity index (χ1) is 15.2. The zero-order valence-electron chi connectivity index (χ0n) is 16.8. The zero-order valence-corrected chi connectivity index (χ0v) is 17.7. The quantitative estimate of drug-likeness (QED) is 0.482. The molecular weight excluding hydrogens is 410 g/mol. The van der Waals surface area contributed by atoms with Gasteiger partial charge in [0, 0.05) is 24.2 Å². The first-order valence-corrected chi connectivity index (χ1v) is 11.1. The third kappa shape index (κ3) is 4.09. The van der Waals surface area contributed by atoms with Crippen LogP contribution in [-0.4, -0.2) is 23.3 Å². The molecule has 6 nitrogen and oxygen atoms in total. The van der Waals surface area contributed by atoms with Crippen LogP contribution in [0.4, 0.5) is 5.69 Å². The van der Waals surface area contributed by atoms with Gasteiger partial charge in [0.05, 0.1) is 16.8 Å². The Morgan fingerprint density at radius 2 is 1.90 bits per heavy atom. The van der Waals surface area contributed by atoms with Crippen molar-refractivity contribution in [1.82, 2.24) is 10.3 Å². The normalized spacial score (nSPS) is 14.2. The second kappa shape index (κ2) is 8.35. The lowest BCUT2D eigenvalue weighted by Crippen LogP contribution is -2.35. The van der Waals surface area contributed by atoms with Crippen LogP contribution in [0.2, 0.25) is 0 Å². The number of furan rings is 1. The van der Waals surface area contributed by atoms with Gasteiger partial charge in [-0.2, -0.15) is 0 Å². The third-order valence-electron chi connectivity index (χ3n) is 5.35. The van der Waals surface area contributed by atoms with E-state index in [1.54, 1.807) is 28.4 Å². The second-order valence-electron chi connectivity index (χ2n) is 7.48. The van der Waals surface area contributed by atoms with E-state index in [0.29, 0.717) is 23.5 Å². The average Bonchev–Trinajstić information content (AvgIpc) is 3.45. The van der Waals surface area contributed by atoms with Crippen LogP contribution in [-0.2, 0) is 11.3 Å². The SMILES string of the molecule is O=C(NCc1ccc(-c2nc3ccccc3s2)o1)c1ccc(N2CCCCC2=O)cc1. The Bertz CT molecular complexity index is 1210. The Morgan fingerprint density at radius 3 is 2.71 bits per heavy atom. The lowest BCUT2D eigenvalue weighted by molar-refractivity contribution is -0.119. The maximum absolute atomic E-state index is 12.5. The molecule has 0 atom stereocenters. The average molecular weight is 432 g/mol. The summed E-state index contributed by atoms with van der Waals surface area (Å²) in [5, 5.41) is 3.71. The van der Waals surface area contributed by atoms with Crippen LogP contribution in [0.3, 0.4) is 0 Å². The fourth-order valence-electron chi connectivity index (χ4n) is 3.71. The molecule has 0 aliphatic carbocycles. The molecule has 1 aliphatic rings. The Kier molecular flexibility index (Phi) is 5.26. The van der Waals surface area contributed by atoms with Gasteiger partial charge >= 0.3 is 0 Å². The maximum Gasteiger partial charge on any atom is 0.251 e. The summed E-state index contributed by atoms with van der Waals surface area (Å²) in [6, 6.07) is 18.9. The van der Waals surface area contributed by atoms with Gasteiger partial charge in [0.15, 0.2) is 10.8 Å². The summed E-state index contributed by atoms with van der Waals surface area (Å²) in [4.78, 5) is 31.0. The number of carbonyl (C=O) groups is 2. The summed E-state index contributed by atoms with van der Waals surface area (Å²) in [6.07, 6.45) is 2.55. The van der Waals surface area contributed by atoms with Crippen molar-refractivity contribution in [1.29, 1.82) is 0 Å². The van der Waals surface area contributed by atoms with Crippen LogP contribution in [0.1, 0.15) is 35.4 Å². The molecule has 0 unspecified atom stereocenters. The Balaban J connectivity index is 1.22. The first kappa shape index (κ1) is 19.5. The molecular formula is C24H21N3O3S. The zero-order chi connectivity index (χ0) is 21.2. The van der Waals surface area contributed by atoms with Crippen molar-refractivity contribution >= 4 is 39.1 Å². The minimum absolute atomic E-state index is 0.144. The third-order valence-corrected chi connectivity index (χ3v) is 6.41. The van der Waals surface area contributed by atoms with E-state index < -0.39 is 0 Å². The number of fused-ring (bicyclic) bond motifs is 1. The standard InChI is InChI=1S/C24H21N3O3S/c28-22-7-3-4-14-27(22)17-10-8-16(9-11-17)23(29)25-15-18-12-13-20(30-18)24-26-19-5-1-2-6-21(19)31-24/h1-2,5-6,8-13H,3-4,7,14-15H2,(H,25,29). The van der Waals surface area contributed by atoms with Crippen molar-refractivity contribution in [2.75, 3.05) is 11.4 Å². The fourth-order valence-corrected chi connectivity index (χ4v) is 4.63. The summed E-state index contributed by atoms with van der Waals surface area (Å²) < 4.78 is 6.99. The largest absolute Gasteiger partial charge is 0.457 e. The molecule has 1 fully saturated rings. The molecule has 0 bridgehead atoms. The molecule has 156 valence electrons. The number of carbonyl (C=O) groups excluding carboxylic acids is 2. The number of para-hydroxylation sites is 1. The number of aromatic nitrogens is 1. The van der Waals surface area contributed by atoms with E-state index in [1.807, 2.05) is 48.5 Å². The van der Waals surface area contributed by atoms with E-state index in [-0.39, 0.29) is 18.4 Å². The van der Waals surface area contributed by atoms with Gasteiger partial charge in [0.2, 0.25) is 5.91 Å². The summed E-state index contributed by atoms with van der Waals surface area (Å²) in [5.74, 6) is 1.32. The monoisotopic (exact) mass is 431 g/mol. The number of thiazole rings is 1. The number of rotatable bonds is 5. The van der Waals surface area contributed by atoms with Gasteiger partial charge in [0.25, 0.3) is 5.91 Å². The van der Waals surface area contributed by atoms with Crippen LogP contribution in [0.5, 0.6) is 0 Å². The summed E-state index contributed by atoms with van der Waals surface area (Å²) in [6.45, 7) is 1.02. The molecule has 4 aromatic rings. The first-order valence-electron chi connectivity index (χ1n) is 10.3. The second-order valence-corrected chi connectivity index (χ2v) is 8.52. The van der Waals surface area contributed by atoms with E-state index in [2.05, 4.69) is 10.3 Å². The van der Waals surface area contributed by atoms with Crippen LogP contribution >= 0.6 is 11.3 Å². The number of nitrogens with one attached hydrogen (secondary N) is 1. The number of hydrogen-bond acceptors (Lipinski definition) is 5. The molecule has 1 N–H and O–H groups in total. The lowest BCUT2D eigenvalue weighted by Gasteiger charge is -2.26. The summed E-state index contributed by atoms with van der Waals surface area (Å²) in [5.41, 5.74) is 2.34. The number of benzene rings is 2. The summed E-state index contributed by atoms with van der Waals surface area (Å²) in [7, 11) is 0. The highest BCUT2D eigenvalue weighted by Crippen LogP contribution is 2.31. The topological polar surface area (TPSA) is 75.4 Å². The highest BCUT2D eigenvalue weighted by atomic mass is 32.1. The predicted molar refractivity (Wildman–Crippen MR) is 121 cm³/mol. The van der Waals surface area contributed by atoms with Crippen molar-refractivity contribution < 1.29 is 14.0 Å². The maximum atomic E-state index is 12.5. The lowest BCUT2D eigenvalue weighted by atomic mass is 10.1. The number of nitrogens with zero attached hydrogens (tertiary/aromatic N) is 2. The van der Waals surface area contributed by atoms with E-state index in [4.69, 9.17) is 4.42 Å². The van der Waals surface area contributed by atoms with Crippen molar-refractivity contribution in [2.45, 2.75) is 25.8 Å². The van der Waals surface area contributed by atoms with Crippen molar-refractivity contribution in [3.8, 4) is 10.8 Å². The highest BCUT2D eigenvalue weighted by Gasteiger charge is 2.19. The molecule has 2 amide bonds. The fraction of sp³-hybridized carbons (Fsp3) is 0.208. The van der Waals surface area contributed by atoms with Gasteiger partial charge in [-0.25, -0.2) is 4.98 Å². The van der Waals surface area contributed by atoms with E-state index in [1.165, 1.54) is 0 Å². The molecule has 3 heterocycles. The molecule has 0 radical (unpaired) electrons. The van der Waals surface area contributed by atoms with Gasteiger partial charge in [-0.3, -0.25) is 9.59 Å². The minimum atomic E-state index is -0.186. The van der Waals surface area contributed by atoms with Gasteiger partial charge in [0.1, 0.15) is 5.76 Å². The van der Waals surface area contributed by atoms with Crippen molar-refractivity contribution in [3.63, 3.8) is 0 Å². The molecule has 5 rings (SSSR count). The van der Waals surface area contributed by atoms with Gasteiger partial charge in [-0.1, -0.05) is 12.1 Å². The van der Waals surface area contributed by atoms with Crippen LogP contribution in [0.15, 0.2) is 65.1 Å². The van der Waals surface area contributed by atoms with Crippen LogP contribution in [0.25, 0.3) is 21.0 Å². The predicted octanol–water partition coefficient (Wildman–Crippen LogP) is 5.00. The number of piperidine rings is 1. The van der Waals surface area contributed by atoms with Gasteiger partial charge < -0.3 is 14.6 Å². The molecule has 0 saturated carbocycles. The number of anilines is 1. The van der Waals surface area contributed by atoms with E-state index in [0.717, 1.165) is 40.3 Å². The molecule has 31 heavy (non-hydrogen) atoms. The molecule has 1 saturated heterocycles. The van der Waals surface area contributed by atoms with Crippen molar-refractivity contribution in [3.05, 3.63) is 72.0 Å². The molecule has 2 aromatic carbocycles. The van der Waals surface area contributed by atoms with Gasteiger partial charge in [-0.15, -0.1) is 11.3 Å². The van der Waals surface area contributed by atoms with Crippen molar-refractivity contribution in [2.24, 2.45) is 0 Å². The Labute approximate surface area is 183 Å². The number of amides is 2.